The number of hydrogen-bond acceptors (Lipinski definition) is 4. The van der Waals surface area contributed by atoms with Gasteiger partial charge in [0.2, 0.25) is 0 Å². The van der Waals surface area contributed by atoms with Crippen molar-refractivity contribution in [2.75, 3.05) is 13.7 Å². The molecule has 0 amide bonds. The van der Waals surface area contributed by atoms with Crippen LogP contribution in [-0.4, -0.2) is 18.6 Å². The van der Waals surface area contributed by atoms with Gasteiger partial charge in [0.05, 0.1) is 12.6 Å². The number of H-pyrrole nitrogens is 1. The first-order valence-electron chi connectivity index (χ1n) is 8.96. The lowest BCUT2D eigenvalue weighted by atomic mass is 9.93. The minimum absolute atomic E-state index is 0.0427. The molecule has 1 atom stereocenters. The molecule has 0 aliphatic carbocycles. The van der Waals surface area contributed by atoms with E-state index in [-0.39, 0.29) is 5.56 Å². The molecule has 4 aromatic rings. The van der Waals surface area contributed by atoms with E-state index >= 15 is 0 Å². The highest BCUT2D eigenvalue weighted by atomic mass is 32.1. The van der Waals surface area contributed by atoms with Gasteiger partial charge in [-0.2, -0.15) is 0 Å². The Bertz CT molecular complexity index is 1190. The lowest BCUT2D eigenvalue weighted by Gasteiger charge is -2.16. The van der Waals surface area contributed by atoms with E-state index in [9.17, 15) is 4.79 Å². The first kappa shape index (κ1) is 17.8. The van der Waals surface area contributed by atoms with Crippen LogP contribution < -0.4 is 16.0 Å². The Morgan fingerprint density at radius 2 is 1.96 bits per heavy atom. The number of aromatic nitrogens is 1. The van der Waals surface area contributed by atoms with Crippen LogP contribution in [0.25, 0.3) is 32.1 Å². The first-order chi connectivity index (χ1) is 13.0. The SMILES string of the molecule is COc1cc(C)c2[nH]c(=O)c3sccc3c2c1-c1ccc([C@H](C)CN)cc1. The molecule has 138 valence electrons. The van der Waals surface area contributed by atoms with Crippen molar-refractivity contribution in [3.8, 4) is 16.9 Å². The molecule has 4 nitrogen and oxygen atoms in total. The van der Waals surface area contributed by atoms with Gasteiger partial charge >= 0.3 is 0 Å². The van der Waals surface area contributed by atoms with Gasteiger partial charge in [-0.25, -0.2) is 0 Å². The zero-order valence-corrected chi connectivity index (χ0v) is 16.4. The summed E-state index contributed by atoms with van der Waals surface area (Å²) in [7, 11) is 1.69. The molecule has 0 radical (unpaired) electrons. The fraction of sp³-hybridized carbons (Fsp3) is 0.227. The Labute approximate surface area is 161 Å². The number of rotatable bonds is 4. The number of aryl methyl sites for hydroxylation is 1. The summed E-state index contributed by atoms with van der Waals surface area (Å²) in [4.78, 5) is 15.5. The maximum atomic E-state index is 12.5. The van der Waals surface area contributed by atoms with Crippen molar-refractivity contribution in [2.24, 2.45) is 5.73 Å². The van der Waals surface area contributed by atoms with Crippen molar-refractivity contribution < 1.29 is 4.74 Å². The summed E-state index contributed by atoms with van der Waals surface area (Å²) >= 11 is 1.46. The fourth-order valence-corrected chi connectivity index (χ4v) is 4.43. The standard InChI is InChI=1S/C22H22N2O2S/c1-12-10-17(26-3)18(15-6-4-14(5-7-15)13(2)11-23)19-16-8-9-27-21(16)22(25)24-20(12)19/h4-10,13H,11,23H2,1-3H3,(H,24,25)/t13-/m1/s1. The van der Waals surface area contributed by atoms with Crippen LogP contribution in [0.4, 0.5) is 0 Å². The monoisotopic (exact) mass is 378 g/mol. The predicted octanol–water partition coefficient (Wildman–Crippen LogP) is 4.79. The maximum Gasteiger partial charge on any atom is 0.266 e. The van der Waals surface area contributed by atoms with Gasteiger partial charge in [0, 0.05) is 16.3 Å². The predicted molar refractivity (Wildman–Crippen MR) is 114 cm³/mol. The van der Waals surface area contributed by atoms with Crippen LogP contribution in [0.15, 0.2) is 46.6 Å². The summed E-state index contributed by atoms with van der Waals surface area (Å²) in [6.07, 6.45) is 0. The third kappa shape index (κ3) is 2.83. The van der Waals surface area contributed by atoms with Crippen LogP contribution in [0.3, 0.4) is 0 Å². The molecule has 0 aliphatic heterocycles. The molecule has 0 unspecified atom stereocenters. The van der Waals surface area contributed by atoms with E-state index < -0.39 is 0 Å². The summed E-state index contributed by atoms with van der Waals surface area (Å²) in [6, 6.07) is 12.5. The second kappa shape index (κ2) is 6.83. The van der Waals surface area contributed by atoms with E-state index in [0.29, 0.717) is 12.5 Å². The van der Waals surface area contributed by atoms with E-state index in [1.165, 1.54) is 16.9 Å². The number of thiophene rings is 1. The molecule has 4 rings (SSSR count). The van der Waals surface area contributed by atoms with Crippen LogP contribution in [0.2, 0.25) is 0 Å². The number of pyridine rings is 1. The van der Waals surface area contributed by atoms with E-state index in [1.807, 2.05) is 24.4 Å². The topological polar surface area (TPSA) is 68.1 Å². The van der Waals surface area contributed by atoms with Gasteiger partial charge in [-0.1, -0.05) is 31.2 Å². The molecule has 27 heavy (non-hydrogen) atoms. The molecular formula is C22H22N2O2S. The molecule has 0 saturated carbocycles. The maximum absolute atomic E-state index is 12.5. The summed E-state index contributed by atoms with van der Waals surface area (Å²) in [5, 5.41) is 3.96. The molecule has 2 aromatic carbocycles. The number of aromatic amines is 1. The molecule has 0 saturated heterocycles. The number of nitrogens with two attached hydrogens (primary N) is 1. The van der Waals surface area contributed by atoms with Crippen molar-refractivity contribution in [2.45, 2.75) is 19.8 Å². The Morgan fingerprint density at radius 3 is 2.63 bits per heavy atom. The lowest BCUT2D eigenvalue weighted by molar-refractivity contribution is 0.416. The first-order valence-corrected chi connectivity index (χ1v) is 9.84. The lowest BCUT2D eigenvalue weighted by Crippen LogP contribution is -2.08. The summed E-state index contributed by atoms with van der Waals surface area (Å²) < 4.78 is 6.48. The second-order valence-corrected chi connectivity index (χ2v) is 7.81. The Hall–Kier alpha value is -2.63. The zero-order chi connectivity index (χ0) is 19.1. The highest BCUT2D eigenvalue weighted by Crippen LogP contribution is 2.41. The molecule has 2 heterocycles. The van der Waals surface area contributed by atoms with Crippen LogP contribution in [-0.2, 0) is 0 Å². The van der Waals surface area contributed by atoms with Gasteiger partial charge in [0.15, 0.2) is 0 Å². The minimum Gasteiger partial charge on any atom is -0.496 e. The van der Waals surface area contributed by atoms with Crippen LogP contribution in [0.5, 0.6) is 5.75 Å². The number of methoxy groups -OCH3 is 1. The molecule has 0 aliphatic rings. The highest BCUT2D eigenvalue weighted by molar-refractivity contribution is 7.17. The van der Waals surface area contributed by atoms with Crippen LogP contribution >= 0.6 is 11.3 Å². The quantitative estimate of drug-likeness (QED) is 0.536. The second-order valence-electron chi connectivity index (χ2n) is 6.90. The number of ether oxygens (including phenoxy) is 1. The normalized spacial score (nSPS) is 12.6. The number of nitrogens with one attached hydrogen (secondary N) is 1. The fourth-order valence-electron chi connectivity index (χ4n) is 3.63. The Kier molecular flexibility index (Phi) is 4.50. The van der Waals surface area contributed by atoms with Gasteiger partial charge in [-0.05, 0) is 53.6 Å². The third-order valence-electron chi connectivity index (χ3n) is 5.21. The minimum atomic E-state index is -0.0427. The van der Waals surface area contributed by atoms with Gasteiger partial charge in [-0.15, -0.1) is 11.3 Å². The van der Waals surface area contributed by atoms with Crippen LogP contribution in [0.1, 0.15) is 24.0 Å². The smallest absolute Gasteiger partial charge is 0.266 e. The zero-order valence-electron chi connectivity index (χ0n) is 15.6. The van der Waals surface area contributed by atoms with Crippen molar-refractivity contribution in [3.63, 3.8) is 0 Å². The molecule has 0 fully saturated rings. The number of benzene rings is 2. The van der Waals surface area contributed by atoms with Crippen molar-refractivity contribution in [1.82, 2.24) is 4.98 Å². The molecular weight excluding hydrogens is 356 g/mol. The van der Waals surface area contributed by atoms with Crippen molar-refractivity contribution in [3.05, 3.63) is 63.3 Å². The van der Waals surface area contributed by atoms with E-state index in [0.717, 1.165) is 43.4 Å². The van der Waals surface area contributed by atoms with Gasteiger partial charge in [-0.3, -0.25) is 4.79 Å². The molecule has 2 aromatic heterocycles. The van der Waals surface area contributed by atoms with Gasteiger partial charge in [0.25, 0.3) is 5.56 Å². The Morgan fingerprint density at radius 1 is 1.22 bits per heavy atom. The summed E-state index contributed by atoms with van der Waals surface area (Å²) in [6.45, 7) is 4.73. The summed E-state index contributed by atoms with van der Waals surface area (Å²) in [5.41, 5.74) is 10.9. The largest absolute Gasteiger partial charge is 0.496 e. The van der Waals surface area contributed by atoms with Gasteiger partial charge in [0.1, 0.15) is 10.4 Å². The summed E-state index contributed by atoms with van der Waals surface area (Å²) in [5.74, 6) is 1.12. The Balaban J connectivity index is 2.08. The molecule has 3 N–H and O–H groups in total. The average Bonchev–Trinajstić information content (AvgIpc) is 3.18. The third-order valence-corrected chi connectivity index (χ3v) is 6.12. The number of hydrogen-bond donors (Lipinski definition) is 2. The molecule has 0 bridgehead atoms. The van der Waals surface area contributed by atoms with Crippen molar-refractivity contribution >= 4 is 32.3 Å². The molecule has 0 spiro atoms. The van der Waals surface area contributed by atoms with E-state index in [2.05, 4.69) is 36.2 Å². The van der Waals surface area contributed by atoms with Crippen molar-refractivity contribution in [1.29, 1.82) is 0 Å². The van der Waals surface area contributed by atoms with E-state index in [1.54, 1.807) is 7.11 Å². The average molecular weight is 378 g/mol. The highest BCUT2D eigenvalue weighted by Gasteiger charge is 2.18. The van der Waals surface area contributed by atoms with E-state index in [4.69, 9.17) is 10.5 Å². The number of fused-ring (bicyclic) bond motifs is 3. The molecule has 5 heteroatoms. The van der Waals surface area contributed by atoms with Crippen LogP contribution in [0, 0.1) is 6.92 Å². The van der Waals surface area contributed by atoms with Gasteiger partial charge < -0.3 is 15.5 Å².